The maximum absolute atomic E-state index is 12.7. The maximum Gasteiger partial charge on any atom is 0.339 e. The first-order valence-corrected chi connectivity index (χ1v) is 11.4. The number of nitrogens with one attached hydrogen (secondary N) is 1. The van der Waals surface area contributed by atoms with Gasteiger partial charge in [-0.05, 0) is 30.3 Å². The zero-order valence-corrected chi connectivity index (χ0v) is 19.5. The summed E-state index contributed by atoms with van der Waals surface area (Å²) < 4.78 is 31.0. The first-order valence-electron chi connectivity index (χ1n) is 9.18. The van der Waals surface area contributed by atoms with Gasteiger partial charge < -0.3 is 4.18 Å². The van der Waals surface area contributed by atoms with E-state index in [-0.39, 0.29) is 17.0 Å². The molecule has 0 spiro atoms. The second-order valence-corrected chi connectivity index (χ2v) is 9.02. The number of hydrogen-bond acceptors (Lipinski definition) is 11. The Morgan fingerprint density at radius 3 is 2.23 bits per heavy atom. The molecule has 35 heavy (non-hydrogen) atoms. The van der Waals surface area contributed by atoms with E-state index in [4.69, 9.17) is 4.18 Å². The third kappa shape index (κ3) is 6.12. The number of hydrazone groups is 1. The minimum absolute atomic E-state index is 0.116. The van der Waals surface area contributed by atoms with Crippen LogP contribution in [0.2, 0.25) is 0 Å². The van der Waals surface area contributed by atoms with Crippen LogP contribution in [-0.2, 0) is 10.1 Å². The van der Waals surface area contributed by atoms with Gasteiger partial charge in [-0.25, -0.2) is 0 Å². The molecule has 0 saturated heterocycles. The number of rotatable bonds is 9. The molecule has 0 heterocycles. The van der Waals surface area contributed by atoms with E-state index in [9.17, 15) is 38.8 Å². The summed E-state index contributed by atoms with van der Waals surface area (Å²) in [5.74, 6) is -0.191. The van der Waals surface area contributed by atoms with Crippen LogP contribution in [0.3, 0.4) is 0 Å². The molecule has 1 N–H and O–H groups in total. The maximum atomic E-state index is 12.7. The highest BCUT2D eigenvalue weighted by molar-refractivity contribution is 9.10. The van der Waals surface area contributed by atoms with E-state index in [0.29, 0.717) is 4.47 Å². The van der Waals surface area contributed by atoms with Crippen molar-refractivity contribution in [1.82, 2.24) is 0 Å². The molecule has 0 aliphatic carbocycles. The molecule has 0 aromatic heterocycles. The molecule has 3 rings (SSSR count). The summed E-state index contributed by atoms with van der Waals surface area (Å²) in [6.45, 7) is 0. The zero-order chi connectivity index (χ0) is 25.8. The Balaban J connectivity index is 1.90. The lowest BCUT2D eigenvalue weighted by atomic mass is 10.2. The van der Waals surface area contributed by atoms with Crippen LogP contribution >= 0.6 is 15.9 Å². The fraction of sp³-hybridized carbons (Fsp3) is 0. The van der Waals surface area contributed by atoms with Gasteiger partial charge >= 0.3 is 15.8 Å². The Hall–Kier alpha value is -4.44. The molecule has 0 amide bonds. The molecule has 16 heteroatoms. The largest absolute Gasteiger partial charge is 0.378 e. The summed E-state index contributed by atoms with van der Waals surface area (Å²) in [7, 11) is -4.47. The van der Waals surface area contributed by atoms with Crippen molar-refractivity contribution in [2.24, 2.45) is 5.10 Å². The molecule has 0 fully saturated rings. The van der Waals surface area contributed by atoms with Crippen molar-refractivity contribution < 1.29 is 27.4 Å². The predicted octanol–water partition coefficient (Wildman–Crippen LogP) is 4.39. The van der Waals surface area contributed by atoms with Gasteiger partial charge in [0.05, 0.1) is 27.1 Å². The minimum Gasteiger partial charge on any atom is -0.378 e. The van der Waals surface area contributed by atoms with Crippen molar-refractivity contribution >= 4 is 55.0 Å². The second kappa shape index (κ2) is 10.2. The average Bonchev–Trinajstić information content (AvgIpc) is 2.80. The van der Waals surface area contributed by atoms with Crippen LogP contribution in [-0.4, -0.2) is 29.4 Å². The molecule has 0 unspecified atom stereocenters. The van der Waals surface area contributed by atoms with Gasteiger partial charge in [0, 0.05) is 28.2 Å². The molecule has 0 saturated carbocycles. The van der Waals surface area contributed by atoms with E-state index in [1.54, 1.807) is 0 Å². The Morgan fingerprint density at radius 1 is 0.886 bits per heavy atom. The van der Waals surface area contributed by atoms with Gasteiger partial charge in [-0.1, -0.05) is 22.0 Å². The van der Waals surface area contributed by atoms with E-state index in [1.165, 1.54) is 24.3 Å². The summed E-state index contributed by atoms with van der Waals surface area (Å²) in [6, 6.07) is 11.4. The van der Waals surface area contributed by atoms with Crippen LogP contribution in [0, 0.1) is 30.3 Å². The molecule has 0 bridgehead atoms. The number of nitro benzene ring substituents is 3. The number of hydrogen-bond donors (Lipinski definition) is 1. The van der Waals surface area contributed by atoms with Gasteiger partial charge in [-0.15, -0.1) is 0 Å². The second-order valence-electron chi connectivity index (χ2n) is 6.56. The van der Waals surface area contributed by atoms with E-state index in [0.717, 1.165) is 42.6 Å². The zero-order valence-electron chi connectivity index (χ0n) is 17.1. The van der Waals surface area contributed by atoms with Crippen molar-refractivity contribution in [3.8, 4) is 5.75 Å². The van der Waals surface area contributed by atoms with Crippen LogP contribution in [0.15, 0.2) is 75.1 Å². The third-order valence-corrected chi connectivity index (χ3v) is 5.99. The van der Waals surface area contributed by atoms with Crippen molar-refractivity contribution in [3.05, 3.63) is 101 Å². The van der Waals surface area contributed by atoms with Gasteiger partial charge in [-0.3, -0.25) is 35.8 Å². The van der Waals surface area contributed by atoms with Crippen LogP contribution in [0.5, 0.6) is 5.75 Å². The molecule has 0 radical (unpaired) electrons. The molecule has 14 nitrogen and oxygen atoms in total. The summed E-state index contributed by atoms with van der Waals surface area (Å²) in [5.41, 5.74) is 0.811. The molecule has 0 aliphatic heterocycles. The normalized spacial score (nSPS) is 11.2. The van der Waals surface area contributed by atoms with Crippen LogP contribution in [0.25, 0.3) is 0 Å². The summed E-state index contributed by atoms with van der Waals surface area (Å²) in [6.07, 6.45) is 1.11. The third-order valence-electron chi connectivity index (χ3n) is 4.27. The van der Waals surface area contributed by atoms with Gasteiger partial charge in [0.2, 0.25) is 0 Å². The van der Waals surface area contributed by atoms with Gasteiger partial charge in [-0.2, -0.15) is 13.5 Å². The Kier molecular flexibility index (Phi) is 7.36. The van der Waals surface area contributed by atoms with E-state index in [2.05, 4.69) is 26.5 Å². The highest BCUT2D eigenvalue weighted by atomic mass is 79.9. The lowest BCUT2D eigenvalue weighted by Crippen LogP contribution is -2.11. The number of anilines is 1. The van der Waals surface area contributed by atoms with E-state index >= 15 is 0 Å². The minimum atomic E-state index is -4.47. The van der Waals surface area contributed by atoms with Crippen molar-refractivity contribution in [2.75, 3.05) is 5.43 Å². The Morgan fingerprint density at radius 2 is 1.57 bits per heavy atom. The van der Waals surface area contributed by atoms with Crippen molar-refractivity contribution in [3.63, 3.8) is 0 Å². The molecular formula is C19H12BrN5O9S. The van der Waals surface area contributed by atoms with E-state index in [1.807, 2.05) is 0 Å². The number of benzene rings is 3. The van der Waals surface area contributed by atoms with Crippen LogP contribution in [0.1, 0.15) is 5.56 Å². The summed E-state index contributed by atoms with van der Waals surface area (Å²) in [5, 5.41) is 36.9. The lowest BCUT2D eigenvalue weighted by Gasteiger charge is -2.10. The number of nitro groups is 3. The average molecular weight is 566 g/mol. The Labute approximate surface area is 204 Å². The van der Waals surface area contributed by atoms with Gasteiger partial charge in [0.25, 0.3) is 11.4 Å². The number of non-ortho nitro benzene ring substituents is 2. The first-order chi connectivity index (χ1) is 16.5. The predicted molar refractivity (Wildman–Crippen MR) is 126 cm³/mol. The lowest BCUT2D eigenvalue weighted by molar-refractivity contribution is -0.393. The fourth-order valence-corrected chi connectivity index (χ4v) is 4.04. The quantitative estimate of drug-likeness (QED) is 0.168. The molecule has 180 valence electrons. The highest BCUT2D eigenvalue weighted by Gasteiger charge is 2.22. The Bertz CT molecular complexity index is 1480. The van der Waals surface area contributed by atoms with Gasteiger partial charge in [0.1, 0.15) is 10.6 Å². The molecule has 0 aliphatic rings. The molecular weight excluding hydrogens is 554 g/mol. The summed E-state index contributed by atoms with van der Waals surface area (Å²) in [4.78, 5) is 30.2. The number of halogens is 1. The van der Waals surface area contributed by atoms with Gasteiger partial charge in [0.15, 0.2) is 5.75 Å². The fourth-order valence-electron chi connectivity index (χ4n) is 2.67. The number of nitrogens with zero attached hydrogens (tertiary/aromatic N) is 4. The molecule has 3 aromatic rings. The first kappa shape index (κ1) is 25.2. The van der Waals surface area contributed by atoms with E-state index < -0.39 is 46.8 Å². The molecule has 3 aromatic carbocycles. The van der Waals surface area contributed by atoms with Crippen LogP contribution < -0.4 is 9.61 Å². The smallest absolute Gasteiger partial charge is 0.339 e. The monoisotopic (exact) mass is 565 g/mol. The van der Waals surface area contributed by atoms with Crippen molar-refractivity contribution in [1.29, 1.82) is 0 Å². The SMILES string of the molecule is O=[N+]([O-])c1cccc(S(=O)(=O)Oc2ccc(Br)cc2/C=N\Nc2ccc([N+](=O)[O-])cc2[N+](=O)[O-])c1. The summed E-state index contributed by atoms with van der Waals surface area (Å²) >= 11 is 3.22. The topological polar surface area (TPSA) is 197 Å². The van der Waals surface area contributed by atoms with Crippen molar-refractivity contribution in [2.45, 2.75) is 4.90 Å². The molecule has 0 atom stereocenters. The standard InChI is InChI=1S/C19H12BrN5O9S/c20-13-4-7-19(34-35(32,33)16-3-1-2-14(9-16)23(26)27)12(8-13)11-21-22-17-6-5-15(24(28)29)10-18(17)25(30)31/h1-11,22H/b21-11-. The van der Waals surface area contributed by atoms with Crippen LogP contribution in [0.4, 0.5) is 22.7 Å². The highest BCUT2D eigenvalue weighted by Crippen LogP contribution is 2.30.